The van der Waals surface area contributed by atoms with Crippen LogP contribution in [0, 0.1) is 28.6 Å². The molecule has 1 heterocycles. The smallest absolute Gasteiger partial charge is 0.309 e. The topological polar surface area (TPSA) is 46.5 Å². The van der Waals surface area contributed by atoms with Crippen molar-refractivity contribution < 1.29 is 14.6 Å². The molecule has 1 aliphatic heterocycles. The number of esters is 1. The van der Waals surface area contributed by atoms with E-state index in [1.807, 2.05) is 0 Å². The van der Waals surface area contributed by atoms with E-state index in [4.69, 9.17) is 4.74 Å². The highest BCUT2D eigenvalue weighted by Gasteiger charge is 2.62. The molecule has 3 fully saturated rings. The third-order valence-corrected chi connectivity index (χ3v) is 6.23. The molecule has 2 saturated carbocycles. The first kappa shape index (κ1) is 12.5. The minimum absolute atomic E-state index is 0.0322. The van der Waals surface area contributed by atoms with Crippen molar-refractivity contribution >= 4 is 5.97 Å². The van der Waals surface area contributed by atoms with E-state index in [1.54, 1.807) is 0 Å². The third kappa shape index (κ3) is 1.43. The zero-order valence-electron chi connectivity index (χ0n) is 11.6. The van der Waals surface area contributed by atoms with Gasteiger partial charge in [0.1, 0.15) is 0 Å². The van der Waals surface area contributed by atoms with Crippen LogP contribution in [0.15, 0.2) is 0 Å². The Labute approximate surface area is 109 Å². The summed E-state index contributed by atoms with van der Waals surface area (Å²) in [5.41, 5.74) is 0.126. The molecule has 0 amide bonds. The summed E-state index contributed by atoms with van der Waals surface area (Å²) in [4.78, 5) is 11.8. The number of fused-ring (bicyclic) bond motifs is 3. The van der Waals surface area contributed by atoms with Crippen LogP contribution in [0.2, 0.25) is 0 Å². The fourth-order valence-corrected chi connectivity index (χ4v) is 5.11. The molecule has 3 heteroatoms. The SMILES string of the molecule is CC1(C)CC[C@@H](O)[C@]2(C)[C@H]3COC(=O)[C@H]3CC[C@@H]12. The molecule has 0 aromatic heterocycles. The largest absolute Gasteiger partial charge is 0.465 e. The van der Waals surface area contributed by atoms with Crippen molar-refractivity contribution in [1.82, 2.24) is 0 Å². The summed E-state index contributed by atoms with van der Waals surface area (Å²) >= 11 is 0. The fourth-order valence-electron chi connectivity index (χ4n) is 5.11. The Balaban J connectivity index is 2.00. The van der Waals surface area contributed by atoms with Crippen LogP contribution >= 0.6 is 0 Å². The van der Waals surface area contributed by atoms with E-state index in [9.17, 15) is 9.90 Å². The minimum atomic E-state index is -0.280. The van der Waals surface area contributed by atoms with Crippen molar-refractivity contribution in [2.45, 2.75) is 52.6 Å². The van der Waals surface area contributed by atoms with Gasteiger partial charge in [-0.15, -0.1) is 0 Å². The number of ether oxygens (including phenoxy) is 1. The van der Waals surface area contributed by atoms with Crippen LogP contribution < -0.4 is 0 Å². The molecule has 102 valence electrons. The van der Waals surface area contributed by atoms with E-state index in [2.05, 4.69) is 20.8 Å². The van der Waals surface area contributed by atoms with Gasteiger partial charge in [0.25, 0.3) is 0 Å². The molecule has 0 aromatic rings. The van der Waals surface area contributed by atoms with Crippen LogP contribution in [0.1, 0.15) is 46.5 Å². The van der Waals surface area contributed by atoms with E-state index in [1.165, 1.54) is 0 Å². The molecule has 3 nitrogen and oxygen atoms in total. The Kier molecular flexibility index (Phi) is 2.58. The Morgan fingerprint density at radius 1 is 1.22 bits per heavy atom. The first-order chi connectivity index (χ1) is 8.37. The minimum Gasteiger partial charge on any atom is -0.465 e. The number of rotatable bonds is 0. The van der Waals surface area contributed by atoms with Crippen molar-refractivity contribution in [3.05, 3.63) is 0 Å². The van der Waals surface area contributed by atoms with Gasteiger partial charge in [-0.25, -0.2) is 0 Å². The van der Waals surface area contributed by atoms with Gasteiger partial charge < -0.3 is 9.84 Å². The lowest BCUT2D eigenvalue weighted by Crippen LogP contribution is -2.58. The van der Waals surface area contributed by atoms with Crippen molar-refractivity contribution in [2.24, 2.45) is 28.6 Å². The maximum absolute atomic E-state index is 11.8. The summed E-state index contributed by atoms with van der Waals surface area (Å²) < 4.78 is 5.28. The molecule has 1 saturated heterocycles. The molecule has 3 rings (SSSR count). The molecule has 0 spiro atoms. The number of hydrogen-bond donors (Lipinski definition) is 1. The number of aliphatic hydroxyl groups is 1. The maximum Gasteiger partial charge on any atom is 0.309 e. The Bertz CT molecular complexity index is 376. The van der Waals surface area contributed by atoms with Crippen LogP contribution in [0.3, 0.4) is 0 Å². The van der Waals surface area contributed by atoms with Crippen molar-refractivity contribution in [3.8, 4) is 0 Å². The Hall–Kier alpha value is -0.570. The van der Waals surface area contributed by atoms with Gasteiger partial charge in [0.2, 0.25) is 0 Å². The zero-order valence-corrected chi connectivity index (χ0v) is 11.6. The molecule has 1 N–H and O–H groups in total. The average Bonchev–Trinajstić information content (AvgIpc) is 2.68. The summed E-state index contributed by atoms with van der Waals surface area (Å²) in [7, 11) is 0. The normalized spacial score (nSPS) is 50.3. The second-order valence-corrected chi connectivity index (χ2v) is 7.38. The van der Waals surface area contributed by atoms with Crippen LogP contribution in [-0.4, -0.2) is 23.8 Å². The molecule has 0 bridgehead atoms. The highest BCUT2D eigenvalue weighted by molar-refractivity contribution is 5.75. The molecule has 0 aromatic carbocycles. The molecule has 3 aliphatic rings. The van der Waals surface area contributed by atoms with Gasteiger partial charge in [-0.1, -0.05) is 20.8 Å². The van der Waals surface area contributed by atoms with Crippen molar-refractivity contribution in [2.75, 3.05) is 6.61 Å². The zero-order chi connectivity index (χ0) is 13.1. The summed E-state index contributed by atoms with van der Waals surface area (Å²) in [6.07, 6.45) is 3.66. The lowest BCUT2D eigenvalue weighted by Gasteiger charge is -2.59. The number of aliphatic hydroxyl groups excluding tert-OH is 1. The molecule has 18 heavy (non-hydrogen) atoms. The average molecular weight is 252 g/mol. The van der Waals surface area contributed by atoms with Crippen LogP contribution in [0.4, 0.5) is 0 Å². The van der Waals surface area contributed by atoms with Gasteiger partial charge >= 0.3 is 5.97 Å². The van der Waals surface area contributed by atoms with Gasteiger partial charge in [0, 0.05) is 11.3 Å². The highest BCUT2D eigenvalue weighted by atomic mass is 16.5. The summed E-state index contributed by atoms with van der Waals surface area (Å²) in [5, 5.41) is 10.6. The first-order valence-electron chi connectivity index (χ1n) is 7.22. The van der Waals surface area contributed by atoms with E-state index >= 15 is 0 Å². The highest BCUT2D eigenvalue weighted by Crippen LogP contribution is 2.62. The second-order valence-electron chi connectivity index (χ2n) is 7.38. The lowest BCUT2D eigenvalue weighted by molar-refractivity contribution is -0.162. The van der Waals surface area contributed by atoms with E-state index in [-0.39, 0.29) is 34.7 Å². The molecule has 0 unspecified atom stereocenters. The van der Waals surface area contributed by atoms with Crippen molar-refractivity contribution in [3.63, 3.8) is 0 Å². The maximum atomic E-state index is 11.8. The Morgan fingerprint density at radius 2 is 1.94 bits per heavy atom. The van der Waals surface area contributed by atoms with Gasteiger partial charge in [-0.3, -0.25) is 4.79 Å². The van der Waals surface area contributed by atoms with Crippen molar-refractivity contribution in [1.29, 1.82) is 0 Å². The van der Waals surface area contributed by atoms with E-state index in [0.717, 1.165) is 25.7 Å². The summed E-state index contributed by atoms with van der Waals surface area (Å²) in [6.45, 7) is 7.35. The van der Waals surface area contributed by atoms with Crippen LogP contribution in [-0.2, 0) is 9.53 Å². The molecular formula is C15H24O3. The first-order valence-corrected chi connectivity index (χ1v) is 7.22. The molecular weight excluding hydrogens is 228 g/mol. The standard InChI is InChI=1S/C15H24O3/c1-14(2)7-6-12(16)15(3)10-8-18-13(17)9(10)4-5-11(14)15/h9-12,16H,4-8H2,1-3H3/t9-,10-,11-,12+,15+/m0/s1. The fraction of sp³-hybridized carbons (Fsp3) is 0.933. The van der Waals surface area contributed by atoms with Gasteiger partial charge in [-0.2, -0.15) is 0 Å². The van der Waals surface area contributed by atoms with E-state index in [0.29, 0.717) is 12.5 Å². The van der Waals surface area contributed by atoms with E-state index < -0.39 is 0 Å². The Morgan fingerprint density at radius 3 is 2.67 bits per heavy atom. The molecule has 2 aliphatic carbocycles. The molecule has 5 atom stereocenters. The number of cyclic esters (lactones) is 1. The van der Waals surface area contributed by atoms with Crippen LogP contribution in [0.5, 0.6) is 0 Å². The van der Waals surface area contributed by atoms with Gasteiger partial charge in [0.15, 0.2) is 0 Å². The molecule has 0 radical (unpaired) electrons. The quantitative estimate of drug-likeness (QED) is 0.673. The van der Waals surface area contributed by atoms with Crippen LogP contribution in [0.25, 0.3) is 0 Å². The number of hydrogen-bond acceptors (Lipinski definition) is 3. The number of carbonyl (C=O) groups is 1. The predicted octanol–water partition coefficient (Wildman–Crippen LogP) is 2.37. The lowest BCUT2D eigenvalue weighted by atomic mass is 9.46. The third-order valence-electron chi connectivity index (χ3n) is 6.23. The van der Waals surface area contributed by atoms with Gasteiger partial charge in [-0.05, 0) is 37.0 Å². The monoisotopic (exact) mass is 252 g/mol. The summed E-state index contributed by atoms with van der Waals surface area (Å²) in [6, 6.07) is 0. The second kappa shape index (κ2) is 3.72. The number of carbonyl (C=O) groups excluding carboxylic acids is 1. The van der Waals surface area contributed by atoms with Gasteiger partial charge in [0.05, 0.1) is 18.6 Å². The summed E-state index contributed by atoms with van der Waals surface area (Å²) in [5.74, 6) is 0.730. The predicted molar refractivity (Wildman–Crippen MR) is 67.8 cm³/mol.